The molecule has 90 valence electrons. The van der Waals surface area contributed by atoms with Crippen LogP contribution < -0.4 is 0 Å². The minimum atomic E-state index is 0. The molecule has 0 unspecified atom stereocenters. The Kier molecular flexibility index (Phi) is 5.73. The van der Waals surface area contributed by atoms with E-state index in [0.29, 0.717) is 0 Å². The van der Waals surface area contributed by atoms with Gasteiger partial charge in [-0.25, -0.2) is 0 Å². The molecule has 2 aromatic carbocycles. The molecule has 0 nitrogen and oxygen atoms in total. The second-order valence-corrected chi connectivity index (χ2v) is 4.86. The molecular formula is C16H21Zr-. The summed E-state index contributed by atoms with van der Waals surface area (Å²) in [6, 6.07) is 9.23. The van der Waals surface area contributed by atoms with Gasteiger partial charge in [0.25, 0.3) is 0 Å². The second-order valence-electron chi connectivity index (χ2n) is 4.86. The van der Waals surface area contributed by atoms with Gasteiger partial charge in [0.2, 0.25) is 0 Å². The van der Waals surface area contributed by atoms with E-state index in [2.05, 4.69) is 45.0 Å². The van der Waals surface area contributed by atoms with E-state index in [1.165, 1.54) is 53.1 Å². The molecule has 1 heteroatoms. The number of benzene rings is 1. The normalized spacial score (nSPS) is 10.5. The van der Waals surface area contributed by atoms with Gasteiger partial charge in [-0.05, 0) is 6.42 Å². The predicted octanol–water partition coefficient (Wildman–Crippen LogP) is 4.91. The fourth-order valence-electron chi connectivity index (χ4n) is 2.43. The molecule has 0 aliphatic heterocycles. The Morgan fingerprint density at radius 1 is 1.12 bits per heavy atom. The van der Waals surface area contributed by atoms with Crippen LogP contribution in [-0.2, 0) is 32.6 Å². The van der Waals surface area contributed by atoms with Gasteiger partial charge in [0.15, 0.2) is 0 Å². The molecule has 17 heavy (non-hydrogen) atoms. The van der Waals surface area contributed by atoms with Crippen molar-refractivity contribution in [1.82, 2.24) is 0 Å². The number of fused-ring (bicyclic) bond motifs is 1. The average Bonchev–Trinajstić information content (AvgIpc) is 2.65. The first-order valence-corrected chi connectivity index (χ1v) is 6.38. The Morgan fingerprint density at radius 3 is 2.59 bits per heavy atom. The van der Waals surface area contributed by atoms with E-state index in [1.807, 2.05) is 0 Å². The molecule has 0 aliphatic carbocycles. The van der Waals surface area contributed by atoms with Gasteiger partial charge in [0.1, 0.15) is 0 Å². The molecule has 2 aromatic rings. The average molecular weight is 305 g/mol. The Balaban J connectivity index is 0.00000144. The molecule has 2 rings (SSSR count). The fourth-order valence-corrected chi connectivity index (χ4v) is 2.43. The number of unbranched alkanes of at least 4 members (excludes halogenated alkanes) is 2. The van der Waals surface area contributed by atoms with Crippen LogP contribution in [0.3, 0.4) is 0 Å². The Morgan fingerprint density at radius 2 is 1.88 bits per heavy atom. The van der Waals surface area contributed by atoms with Crippen LogP contribution in [-0.4, -0.2) is 0 Å². The quantitative estimate of drug-likeness (QED) is 0.556. The van der Waals surface area contributed by atoms with Crippen molar-refractivity contribution in [2.45, 2.75) is 46.5 Å². The molecule has 0 bridgehead atoms. The van der Waals surface area contributed by atoms with Crippen molar-refractivity contribution in [1.29, 1.82) is 0 Å². The Bertz CT molecular complexity index is 479. The van der Waals surface area contributed by atoms with E-state index in [1.54, 1.807) is 0 Å². The zero-order chi connectivity index (χ0) is 11.5. The molecule has 0 saturated heterocycles. The molecule has 0 saturated carbocycles. The molecule has 0 aliphatic rings. The van der Waals surface area contributed by atoms with Crippen LogP contribution in [0.4, 0.5) is 0 Å². The third-order valence-corrected chi connectivity index (χ3v) is 3.39. The van der Waals surface area contributed by atoms with E-state index in [4.69, 9.17) is 0 Å². The van der Waals surface area contributed by atoms with Gasteiger partial charge < -0.3 is 0 Å². The van der Waals surface area contributed by atoms with E-state index in [9.17, 15) is 0 Å². The summed E-state index contributed by atoms with van der Waals surface area (Å²) in [4.78, 5) is 0. The first kappa shape index (κ1) is 14.8. The summed E-state index contributed by atoms with van der Waals surface area (Å²) in [5, 5.41) is 2.93. The predicted molar refractivity (Wildman–Crippen MR) is 72.2 cm³/mol. The smallest absolute Gasteiger partial charge is 0 e. The van der Waals surface area contributed by atoms with E-state index >= 15 is 0 Å². The maximum absolute atomic E-state index is 2.34. The van der Waals surface area contributed by atoms with Gasteiger partial charge in [-0.3, -0.25) is 0 Å². The summed E-state index contributed by atoms with van der Waals surface area (Å²) >= 11 is 0. The number of hydrogen-bond acceptors (Lipinski definition) is 0. The molecule has 0 aromatic heterocycles. The zero-order valence-corrected chi connectivity index (χ0v) is 13.6. The maximum atomic E-state index is 2.34. The molecule has 0 radical (unpaired) electrons. The standard InChI is InChI=1S/C16H21.Zr/c1-4-5-6-7-14-9-8-13(3)15-10-12(2)11-16(14)15;/h8-11H,4-7H2,1-3H3;/q-1;. The first-order chi connectivity index (χ1) is 7.72. The van der Waals surface area contributed by atoms with E-state index in [-0.39, 0.29) is 26.2 Å². The van der Waals surface area contributed by atoms with Crippen LogP contribution >= 0.6 is 0 Å². The number of hydrogen-bond donors (Lipinski definition) is 0. The first-order valence-electron chi connectivity index (χ1n) is 6.38. The minimum absolute atomic E-state index is 0. The summed E-state index contributed by atoms with van der Waals surface area (Å²) in [5.74, 6) is 0. The molecule has 0 heterocycles. The van der Waals surface area contributed by atoms with Crippen LogP contribution in [0.1, 0.15) is 42.9 Å². The van der Waals surface area contributed by atoms with Crippen LogP contribution in [0.25, 0.3) is 10.8 Å². The minimum Gasteiger partial charge on any atom is -0.165 e. The topological polar surface area (TPSA) is 0 Å². The summed E-state index contributed by atoms with van der Waals surface area (Å²) in [5.41, 5.74) is 4.32. The van der Waals surface area contributed by atoms with Crippen molar-refractivity contribution < 1.29 is 26.2 Å². The van der Waals surface area contributed by atoms with Crippen LogP contribution in [0.5, 0.6) is 0 Å². The van der Waals surface area contributed by atoms with Crippen molar-refractivity contribution in [3.8, 4) is 0 Å². The van der Waals surface area contributed by atoms with Crippen molar-refractivity contribution in [3.05, 3.63) is 41.0 Å². The Labute approximate surface area is 124 Å². The second kappa shape index (κ2) is 6.59. The SMILES string of the molecule is CCCCCc1ccc(C)c2[cH-]c(C)cc12.[Zr]. The van der Waals surface area contributed by atoms with Crippen LogP contribution in [0.2, 0.25) is 0 Å². The van der Waals surface area contributed by atoms with Gasteiger partial charge in [-0.2, -0.15) is 6.07 Å². The van der Waals surface area contributed by atoms with Crippen LogP contribution in [0, 0.1) is 13.8 Å². The molecule has 0 atom stereocenters. The van der Waals surface area contributed by atoms with E-state index < -0.39 is 0 Å². The van der Waals surface area contributed by atoms with E-state index in [0.717, 1.165) is 0 Å². The summed E-state index contributed by atoms with van der Waals surface area (Å²) in [6.45, 7) is 6.66. The monoisotopic (exact) mass is 303 g/mol. The third-order valence-electron chi connectivity index (χ3n) is 3.39. The third kappa shape index (κ3) is 3.35. The molecule has 0 N–H and O–H groups in total. The van der Waals surface area contributed by atoms with Gasteiger partial charge in [0, 0.05) is 26.2 Å². The van der Waals surface area contributed by atoms with Gasteiger partial charge in [-0.15, -0.1) is 34.0 Å². The maximum Gasteiger partial charge on any atom is 0 e. The van der Waals surface area contributed by atoms with Crippen molar-refractivity contribution in [3.63, 3.8) is 0 Å². The van der Waals surface area contributed by atoms with Gasteiger partial charge >= 0.3 is 0 Å². The number of aryl methyl sites for hydroxylation is 3. The molecule has 0 fully saturated rings. The molecular weight excluding hydrogens is 283 g/mol. The van der Waals surface area contributed by atoms with Crippen molar-refractivity contribution in [2.24, 2.45) is 0 Å². The number of rotatable bonds is 4. The zero-order valence-electron chi connectivity index (χ0n) is 11.1. The molecule has 0 amide bonds. The Hall–Kier alpha value is -0.287. The van der Waals surface area contributed by atoms with Gasteiger partial charge in [-0.1, -0.05) is 51.7 Å². The summed E-state index contributed by atoms with van der Waals surface area (Å²) in [7, 11) is 0. The van der Waals surface area contributed by atoms with Gasteiger partial charge in [0.05, 0.1) is 0 Å². The van der Waals surface area contributed by atoms with Crippen molar-refractivity contribution in [2.75, 3.05) is 0 Å². The van der Waals surface area contributed by atoms with Crippen molar-refractivity contribution >= 4 is 10.8 Å². The summed E-state index contributed by atoms with van der Waals surface area (Å²) < 4.78 is 0. The molecule has 0 spiro atoms. The van der Waals surface area contributed by atoms with Crippen LogP contribution in [0.15, 0.2) is 24.3 Å². The summed E-state index contributed by atoms with van der Waals surface area (Å²) in [6.07, 6.45) is 5.19. The fraction of sp³-hybridized carbons (Fsp3) is 0.438. The largest absolute Gasteiger partial charge is 0.165 e.